The van der Waals surface area contributed by atoms with Gasteiger partial charge in [-0.15, -0.1) is 0 Å². The third-order valence-corrected chi connectivity index (χ3v) is 8.94. The van der Waals surface area contributed by atoms with Gasteiger partial charge in [0, 0.05) is 0 Å². The van der Waals surface area contributed by atoms with E-state index in [-0.39, 0.29) is 0 Å². The van der Waals surface area contributed by atoms with Crippen LogP contribution in [0.5, 0.6) is 0 Å². The molecule has 22 heavy (non-hydrogen) atoms. The Labute approximate surface area is 136 Å². The lowest BCUT2D eigenvalue weighted by Gasteiger charge is -2.60. The fraction of sp³-hybridized carbons (Fsp3) is 0.905. The van der Waals surface area contributed by atoms with Gasteiger partial charge in [0.05, 0.1) is 0 Å². The molecule has 0 aromatic heterocycles. The summed E-state index contributed by atoms with van der Waals surface area (Å²) in [6, 6.07) is 0. The maximum Gasteiger partial charge on any atom is -0.00853 e. The van der Waals surface area contributed by atoms with Crippen molar-refractivity contribution in [3.63, 3.8) is 0 Å². The van der Waals surface area contributed by atoms with Gasteiger partial charge in [-0.05, 0) is 104 Å². The summed E-state index contributed by atoms with van der Waals surface area (Å²) in [5, 5.41) is 7.39. The zero-order chi connectivity index (χ0) is 15.4. The van der Waals surface area contributed by atoms with Crippen molar-refractivity contribution in [3.8, 4) is 0 Å². The zero-order valence-electron chi connectivity index (χ0n) is 14.5. The smallest absolute Gasteiger partial charge is 0.00853 e. The van der Waals surface area contributed by atoms with Gasteiger partial charge in [0.15, 0.2) is 0 Å². The topological polar surface area (TPSA) is 23.9 Å². The molecule has 1 N–H and O–H groups in total. The second-order valence-electron chi connectivity index (χ2n) is 9.44. The fourth-order valence-corrected chi connectivity index (χ4v) is 7.71. The van der Waals surface area contributed by atoms with Crippen molar-refractivity contribution in [1.29, 1.82) is 5.41 Å². The Morgan fingerprint density at radius 1 is 0.864 bits per heavy atom. The van der Waals surface area contributed by atoms with Crippen LogP contribution in [0, 0.1) is 45.8 Å². The number of hydrogen-bond donors (Lipinski definition) is 1. The summed E-state index contributed by atoms with van der Waals surface area (Å²) < 4.78 is 0. The highest BCUT2D eigenvalue weighted by molar-refractivity contribution is 5.48. The Hall–Kier alpha value is -0.550. The maximum absolute atomic E-state index is 7.39. The highest BCUT2D eigenvalue weighted by Gasteiger charge is 2.59. The number of fused-ring (bicyclic) bond motifs is 5. The van der Waals surface area contributed by atoms with Crippen LogP contribution in [0.25, 0.3) is 0 Å². The first kappa shape index (κ1) is 15.0. The van der Waals surface area contributed by atoms with Crippen molar-refractivity contribution in [2.24, 2.45) is 40.4 Å². The van der Waals surface area contributed by atoms with Gasteiger partial charge in [-0.25, -0.2) is 0 Å². The van der Waals surface area contributed by atoms with Crippen LogP contribution < -0.4 is 0 Å². The molecule has 0 aromatic rings. The van der Waals surface area contributed by atoms with E-state index in [0.717, 1.165) is 23.7 Å². The van der Waals surface area contributed by atoms with Crippen LogP contribution >= 0.6 is 0 Å². The van der Waals surface area contributed by atoms with Crippen LogP contribution in [0.2, 0.25) is 0 Å². The summed E-state index contributed by atoms with van der Waals surface area (Å²) in [6.07, 6.45) is 16.7. The number of rotatable bonds is 1. The molecular weight excluding hydrogens is 266 g/mol. The summed E-state index contributed by atoms with van der Waals surface area (Å²) >= 11 is 0. The number of hydrogen-bond acceptors (Lipinski definition) is 1. The number of allylic oxidation sites excluding steroid dienone is 1. The average molecular weight is 300 g/mol. The van der Waals surface area contributed by atoms with Crippen LogP contribution in [0.1, 0.15) is 78.1 Å². The molecule has 7 atom stereocenters. The third-order valence-electron chi connectivity index (χ3n) is 8.94. The summed E-state index contributed by atoms with van der Waals surface area (Å²) in [5.41, 5.74) is 1.14. The van der Waals surface area contributed by atoms with Gasteiger partial charge in [0.2, 0.25) is 0 Å². The summed E-state index contributed by atoms with van der Waals surface area (Å²) in [6.45, 7) is 5.22. The van der Waals surface area contributed by atoms with Gasteiger partial charge in [-0.2, -0.15) is 0 Å². The van der Waals surface area contributed by atoms with Crippen molar-refractivity contribution in [2.45, 2.75) is 78.1 Å². The highest BCUT2D eigenvalue weighted by atomic mass is 14.6. The normalized spacial score (nSPS) is 53.8. The molecule has 122 valence electrons. The van der Waals surface area contributed by atoms with Gasteiger partial charge in [-0.3, -0.25) is 5.41 Å². The first-order valence-corrected chi connectivity index (χ1v) is 9.85. The Kier molecular flexibility index (Phi) is 3.57. The lowest BCUT2D eigenvalue weighted by atomic mass is 9.45. The van der Waals surface area contributed by atoms with Gasteiger partial charge < -0.3 is 0 Å². The Morgan fingerprint density at radius 3 is 2.50 bits per heavy atom. The predicted octanol–water partition coefficient (Wildman–Crippen LogP) is 5.84. The molecule has 4 aliphatic carbocycles. The van der Waals surface area contributed by atoms with Crippen molar-refractivity contribution in [1.82, 2.24) is 0 Å². The lowest BCUT2D eigenvalue weighted by molar-refractivity contribution is -0.107. The molecule has 0 bridgehead atoms. The van der Waals surface area contributed by atoms with Gasteiger partial charge in [0.25, 0.3) is 0 Å². The second-order valence-corrected chi connectivity index (χ2v) is 9.44. The van der Waals surface area contributed by atoms with Gasteiger partial charge >= 0.3 is 0 Å². The molecule has 1 unspecified atom stereocenters. The summed E-state index contributed by atoms with van der Waals surface area (Å²) in [7, 11) is 0. The molecule has 4 rings (SSSR count). The van der Waals surface area contributed by atoms with E-state index in [1.165, 1.54) is 64.2 Å². The Balaban J connectivity index is 1.63. The van der Waals surface area contributed by atoms with Crippen molar-refractivity contribution in [3.05, 3.63) is 6.08 Å². The van der Waals surface area contributed by atoms with Crippen LogP contribution in [-0.2, 0) is 0 Å². The predicted molar refractivity (Wildman–Crippen MR) is 92.1 cm³/mol. The zero-order valence-corrected chi connectivity index (χ0v) is 14.5. The van der Waals surface area contributed by atoms with Crippen LogP contribution in [0.15, 0.2) is 6.08 Å². The fourth-order valence-electron chi connectivity index (χ4n) is 7.71. The highest BCUT2D eigenvalue weighted by Crippen LogP contribution is 2.67. The second kappa shape index (κ2) is 5.23. The molecule has 4 fully saturated rings. The standard InChI is InChI=1S/C21H33N/c1-20-12-4-3-5-15(20)6-8-17-18-9-7-16(11-14-22)21(18,2)13-10-19(17)20/h11,15-19,22H,3-10,12-13H2,1-2H3/t15?,16-,17+,18+,19+,20+,21-/m1/s1. The van der Waals surface area contributed by atoms with Gasteiger partial charge in [-0.1, -0.05) is 26.7 Å². The van der Waals surface area contributed by atoms with Crippen molar-refractivity contribution < 1.29 is 0 Å². The minimum absolute atomic E-state index is 0.479. The molecule has 0 aliphatic heterocycles. The van der Waals surface area contributed by atoms with E-state index in [4.69, 9.17) is 5.41 Å². The van der Waals surface area contributed by atoms with E-state index in [9.17, 15) is 0 Å². The Morgan fingerprint density at radius 2 is 1.68 bits per heavy atom. The molecule has 1 heteroatoms. The largest absolute Gasteiger partial charge is 0.259 e. The molecule has 0 amide bonds. The first-order chi connectivity index (χ1) is 10.6. The summed E-state index contributed by atoms with van der Waals surface area (Å²) in [5.74, 6) is 7.21. The molecule has 4 saturated carbocycles. The van der Waals surface area contributed by atoms with E-state index in [2.05, 4.69) is 25.8 Å². The molecule has 0 radical (unpaired) electrons. The van der Waals surface area contributed by atoms with Crippen LogP contribution in [0.4, 0.5) is 0 Å². The Bertz CT molecular complexity index is 490. The molecule has 0 saturated heterocycles. The van der Waals surface area contributed by atoms with E-state index in [1.807, 2.05) is 0 Å². The van der Waals surface area contributed by atoms with E-state index >= 15 is 0 Å². The first-order valence-electron chi connectivity index (χ1n) is 9.85. The molecular formula is C21H33N. The molecule has 0 heterocycles. The maximum atomic E-state index is 7.39. The summed E-state index contributed by atoms with van der Waals surface area (Å²) in [4.78, 5) is 0. The lowest BCUT2D eigenvalue weighted by Crippen LogP contribution is -2.52. The molecule has 4 aliphatic rings. The van der Waals surface area contributed by atoms with Crippen molar-refractivity contribution >= 4 is 5.87 Å². The van der Waals surface area contributed by atoms with Crippen molar-refractivity contribution in [2.75, 3.05) is 0 Å². The molecule has 0 aromatic carbocycles. The van der Waals surface area contributed by atoms with E-state index in [0.29, 0.717) is 16.7 Å². The van der Waals surface area contributed by atoms with E-state index < -0.39 is 0 Å². The SMILES string of the molecule is C[C@]12CC[C@H]3[C@@H](CCC4CCCC[C@@]43C)[C@@H]1CC[C@@H]2C=C=N. The minimum Gasteiger partial charge on any atom is -0.259 e. The molecule has 0 spiro atoms. The van der Waals surface area contributed by atoms with E-state index in [1.54, 1.807) is 0 Å². The monoisotopic (exact) mass is 299 g/mol. The average Bonchev–Trinajstić information content (AvgIpc) is 2.84. The third kappa shape index (κ3) is 1.94. The molecule has 1 nitrogen and oxygen atoms in total. The minimum atomic E-state index is 0.479. The van der Waals surface area contributed by atoms with Crippen LogP contribution in [0.3, 0.4) is 0 Å². The quantitative estimate of drug-likeness (QED) is 0.588. The van der Waals surface area contributed by atoms with Gasteiger partial charge in [0.1, 0.15) is 0 Å². The number of nitrogens with one attached hydrogen (secondary N) is 1. The van der Waals surface area contributed by atoms with Crippen LogP contribution in [-0.4, -0.2) is 5.87 Å².